The minimum Gasteiger partial charge on any atom is -0.349 e. The fourth-order valence-corrected chi connectivity index (χ4v) is 5.57. The molecule has 0 aromatic carbocycles. The van der Waals surface area contributed by atoms with Gasteiger partial charge in [0.15, 0.2) is 5.82 Å². The fraction of sp³-hybridized carbons (Fsp3) is 0.435. The van der Waals surface area contributed by atoms with Crippen molar-refractivity contribution >= 4 is 39.9 Å². The summed E-state index contributed by atoms with van der Waals surface area (Å²) in [7, 11) is 0. The molecule has 4 aromatic heterocycles. The van der Waals surface area contributed by atoms with E-state index in [4.69, 9.17) is 16.6 Å². The van der Waals surface area contributed by atoms with Crippen molar-refractivity contribution in [3.63, 3.8) is 0 Å². The molecule has 0 bridgehead atoms. The fourth-order valence-electron chi connectivity index (χ4n) is 4.62. The van der Waals surface area contributed by atoms with Crippen LogP contribution in [-0.4, -0.2) is 41.5 Å². The van der Waals surface area contributed by atoms with E-state index < -0.39 is 0 Å². The number of imidazole rings is 1. The molecule has 1 aliphatic carbocycles. The summed E-state index contributed by atoms with van der Waals surface area (Å²) >= 11 is 7.33. The van der Waals surface area contributed by atoms with Gasteiger partial charge >= 0.3 is 0 Å². The van der Waals surface area contributed by atoms with Crippen LogP contribution in [-0.2, 0) is 6.42 Å². The van der Waals surface area contributed by atoms with Gasteiger partial charge < -0.3 is 9.88 Å². The minimum absolute atomic E-state index is 0.0494. The zero-order chi connectivity index (χ0) is 22.9. The Hall–Kier alpha value is -2.78. The Labute approximate surface area is 201 Å². The number of thiophene rings is 1. The average Bonchev–Trinajstić information content (AvgIpc) is 3.52. The van der Waals surface area contributed by atoms with E-state index >= 15 is 0 Å². The minimum atomic E-state index is -0.0494. The van der Waals surface area contributed by atoms with Crippen LogP contribution in [0.15, 0.2) is 36.8 Å². The summed E-state index contributed by atoms with van der Waals surface area (Å²) in [5.41, 5.74) is 1.91. The predicted octanol–water partition coefficient (Wildman–Crippen LogP) is 4.84. The van der Waals surface area contributed by atoms with Gasteiger partial charge in [0, 0.05) is 24.6 Å². The van der Waals surface area contributed by atoms with Crippen molar-refractivity contribution in [3.8, 4) is 5.82 Å². The number of rotatable bonds is 6. The van der Waals surface area contributed by atoms with E-state index in [0.29, 0.717) is 20.9 Å². The topological polar surface area (TPSA) is 90.5 Å². The zero-order valence-corrected chi connectivity index (χ0v) is 20.2. The van der Waals surface area contributed by atoms with Gasteiger partial charge in [0.2, 0.25) is 0 Å². The molecule has 2 atom stereocenters. The van der Waals surface area contributed by atoms with Gasteiger partial charge in [-0.3, -0.25) is 4.79 Å². The zero-order valence-electron chi connectivity index (χ0n) is 18.6. The molecule has 4 aromatic rings. The molecule has 1 N–H and O–H groups in total. The first-order valence-corrected chi connectivity index (χ1v) is 12.5. The summed E-state index contributed by atoms with van der Waals surface area (Å²) in [4.78, 5) is 24.3. The lowest BCUT2D eigenvalue weighted by molar-refractivity contribution is 0.0925. The molecule has 0 unspecified atom stereocenters. The van der Waals surface area contributed by atoms with Gasteiger partial charge in [-0.25, -0.2) is 9.97 Å². The van der Waals surface area contributed by atoms with Gasteiger partial charge in [-0.15, -0.1) is 16.1 Å². The number of carbonyl (C=O) groups excluding carboxylic acids is 1. The van der Waals surface area contributed by atoms with E-state index in [1.165, 1.54) is 16.1 Å². The lowest BCUT2D eigenvalue weighted by atomic mass is 9.90. The first-order chi connectivity index (χ1) is 16.0. The largest absolute Gasteiger partial charge is 0.349 e. The summed E-state index contributed by atoms with van der Waals surface area (Å²) in [5.74, 6) is 2.16. The third kappa shape index (κ3) is 4.65. The van der Waals surface area contributed by atoms with Gasteiger partial charge in [-0.05, 0) is 43.7 Å². The monoisotopic (exact) mass is 483 g/mol. The molecule has 0 saturated heterocycles. The van der Waals surface area contributed by atoms with Crippen molar-refractivity contribution in [1.82, 2.24) is 34.8 Å². The maximum Gasteiger partial charge on any atom is 0.261 e. The summed E-state index contributed by atoms with van der Waals surface area (Å²) in [5, 5.41) is 11.7. The van der Waals surface area contributed by atoms with Crippen molar-refractivity contribution in [2.75, 3.05) is 0 Å². The van der Waals surface area contributed by atoms with Crippen LogP contribution in [0.25, 0.3) is 16.9 Å². The maximum absolute atomic E-state index is 12.7. The summed E-state index contributed by atoms with van der Waals surface area (Å²) in [6.07, 6.45) is 9.88. The van der Waals surface area contributed by atoms with Gasteiger partial charge in [-0.1, -0.05) is 25.4 Å². The number of nitrogens with one attached hydrogen (secondary N) is 1. The first-order valence-electron chi connectivity index (χ1n) is 11.3. The second-order valence-electron chi connectivity index (χ2n) is 8.94. The second-order valence-corrected chi connectivity index (χ2v) is 10.7. The molecule has 1 fully saturated rings. The number of aromatic nitrogens is 6. The number of fused-ring (bicyclic) bond motifs is 1. The number of pyridine rings is 1. The van der Waals surface area contributed by atoms with Crippen LogP contribution in [0.3, 0.4) is 0 Å². The lowest BCUT2D eigenvalue weighted by Crippen LogP contribution is -2.38. The van der Waals surface area contributed by atoms with E-state index in [-0.39, 0.29) is 18.0 Å². The normalized spacial score (nSPS) is 18.8. The molecule has 0 aliphatic heterocycles. The van der Waals surface area contributed by atoms with E-state index in [1.54, 1.807) is 30.7 Å². The highest BCUT2D eigenvalue weighted by atomic mass is 35.5. The van der Waals surface area contributed by atoms with Gasteiger partial charge in [0.25, 0.3) is 5.91 Å². The molecule has 5 rings (SSSR count). The third-order valence-corrected chi connectivity index (χ3v) is 7.22. The van der Waals surface area contributed by atoms with Crippen LogP contribution in [0.1, 0.15) is 61.1 Å². The lowest BCUT2D eigenvalue weighted by Gasteiger charge is -2.32. The van der Waals surface area contributed by atoms with E-state index in [9.17, 15) is 4.79 Å². The molecule has 0 radical (unpaired) electrons. The first kappa shape index (κ1) is 22.0. The third-order valence-electron chi connectivity index (χ3n) is 5.99. The molecule has 33 heavy (non-hydrogen) atoms. The highest BCUT2D eigenvalue weighted by molar-refractivity contribution is 7.18. The molecule has 8 nitrogen and oxygen atoms in total. The summed E-state index contributed by atoms with van der Waals surface area (Å²) in [6.45, 7) is 4.41. The van der Waals surface area contributed by atoms with Crippen LogP contribution in [0, 0.1) is 5.92 Å². The van der Waals surface area contributed by atoms with Crippen molar-refractivity contribution in [1.29, 1.82) is 0 Å². The Morgan fingerprint density at radius 2 is 2.09 bits per heavy atom. The molecule has 1 aliphatic rings. The molecule has 0 spiro atoms. The predicted molar refractivity (Wildman–Crippen MR) is 129 cm³/mol. The van der Waals surface area contributed by atoms with Crippen LogP contribution in [0.2, 0.25) is 4.34 Å². The van der Waals surface area contributed by atoms with Crippen molar-refractivity contribution in [3.05, 3.63) is 51.8 Å². The highest BCUT2D eigenvalue weighted by Gasteiger charge is 2.28. The van der Waals surface area contributed by atoms with Gasteiger partial charge in [-0.2, -0.15) is 10.2 Å². The van der Waals surface area contributed by atoms with E-state index in [2.05, 4.69) is 38.9 Å². The van der Waals surface area contributed by atoms with Crippen molar-refractivity contribution in [2.24, 2.45) is 5.92 Å². The van der Waals surface area contributed by atoms with E-state index in [0.717, 1.165) is 49.0 Å². The smallest absolute Gasteiger partial charge is 0.261 e. The van der Waals surface area contributed by atoms with Gasteiger partial charge in [0.1, 0.15) is 11.3 Å². The highest BCUT2D eigenvalue weighted by Crippen LogP contribution is 2.34. The number of nitrogens with zero attached hydrogens (tertiary/aromatic N) is 6. The van der Waals surface area contributed by atoms with Crippen molar-refractivity contribution in [2.45, 2.75) is 58.0 Å². The Morgan fingerprint density at radius 1 is 1.27 bits per heavy atom. The summed E-state index contributed by atoms with van der Waals surface area (Å²) in [6, 6.07) is 5.92. The molecule has 172 valence electrons. The molecule has 1 saturated carbocycles. The number of hydrogen-bond donors (Lipinski definition) is 1. The number of halogens is 1. The van der Waals surface area contributed by atoms with Crippen LogP contribution in [0.5, 0.6) is 0 Å². The average molecular weight is 484 g/mol. The SMILES string of the molecule is CC(C)Cc1nc2cnc(-n3nccn3)cc2n1[C@@H]1CCC[C@H](NC(=O)c2ccc(Cl)s2)C1. The standard InChI is InChI=1S/C23H26ClN7OS/c1-14(2)10-22-29-17-13-25-21(31-26-8-9-27-31)12-18(17)30(22)16-5-3-4-15(11-16)28-23(32)19-6-7-20(24)33-19/h6-9,12-16H,3-5,10-11H2,1-2H3,(H,28,32)/t15-,16+/m0/s1. The Bertz CT molecular complexity index is 1260. The Balaban J connectivity index is 1.46. The van der Waals surface area contributed by atoms with Crippen molar-refractivity contribution < 1.29 is 4.79 Å². The quantitative estimate of drug-likeness (QED) is 0.423. The van der Waals surface area contributed by atoms with Crippen LogP contribution in [0.4, 0.5) is 0 Å². The second kappa shape index (κ2) is 9.23. The Kier molecular flexibility index (Phi) is 6.16. The number of carbonyl (C=O) groups is 1. The van der Waals surface area contributed by atoms with E-state index in [1.807, 2.05) is 6.07 Å². The molecular weight excluding hydrogens is 458 g/mol. The maximum atomic E-state index is 12.7. The Morgan fingerprint density at radius 3 is 2.82 bits per heavy atom. The number of hydrogen-bond acceptors (Lipinski definition) is 6. The molecule has 10 heteroatoms. The summed E-state index contributed by atoms with van der Waals surface area (Å²) < 4.78 is 2.99. The number of amides is 1. The molecular formula is C23H26ClN7OS. The van der Waals surface area contributed by atoms with Crippen LogP contribution < -0.4 is 5.32 Å². The molecule has 1 amide bonds. The molecule has 4 heterocycles. The van der Waals surface area contributed by atoms with Crippen LogP contribution >= 0.6 is 22.9 Å². The van der Waals surface area contributed by atoms with Gasteiger partial charge in [0.05, 0.1) is 33.3 Å².